The first kappa shape index (κ1) is 17.1. The lowest BCUT2D eigenvalue weighted by molar-refractivity contribution is -0.121. The number of hydrogen-bond acceptors (Lipinski definition) is 3. The number of carbonyl (C=O) groups is 2. The van der Waals surface area contributed by atoms with Crippen LogP contribution in [0.5, 0.6) is 5.75 Å². The average Bonchev–Trinajstić information content (AvgIpc) is 2.55. The summed E-state index contributed by atoms with van der Waals surface area (Å²) in [6.45, 7) is 1.37. The van der Waals surface area contributed by atoms with Gasteiger partial charge in [-0.25, -0.2) is 4.79 Å². The Labute approximate surface area is 137 Å². The van der Waals surface area contributed by atoms with E-state index in [1.54, 1.807) is 26.1 Å². The van der Waals surface area contributed by atoms with Gasteiger partial charge in [-0.15, -0.1) is 0 Å². The molecule has 0 unspecified atom stereocenters. The van der Waals surface area contributed by atoms with Crippen LogP contribution in [0.1, 0.15) is 18.4 Å². The van der Waals surface area contributed by atoms with Crippen molar-refractivity contribution < 1.29 is 14.3 Å². The third-order valence-corrected chi connectivity index (χ3v) is 4.04. The molecule has 0 saturated carbocycles. The Morgan fingerprint density at radius 1 is 1.22 bits per heavy atom. The number of likely N-dealkylation sites (tertiary alicyclic amines) is 1. The van der Waals surface area contributed by atoms with Crippen LogP contribution in [0.2, 0.25) is 0 Å². The number of amides is 3. The number of methoxy groups -OCH3 is 1. The van der Waals surface area contributed by atoms with E-state index in [9.17, 15) is 9.59 Å². The molecule has 3 amide bonds. The molecule has 0 spiro atoms. The molecule has 23 heavy (non-hydrogen) atoms. The van der Waals surface area contributed by atoms with E-state index in [0.717, 1.165) is 24.2 Å². The summed E-state index contributed by atoms with van der Waals surface area (Å²) in [5.74, 6) is 0.805. The highest BCUT2D eigenvalue weighted by molar-refractivity contribution is 5.79. The number of benzene rings is 1. The van der Waals surface area contributed by atoms with Crippen molar-refractivity contribution in [2.24, 2.45) is 0 Å². The minimum atomic E-state index is 0.0209. The summed E-state index contributed by atoms with van der Waals surface area (Å²) in [6.07, 6.45) is 1.96. The molecule has 1 aliphatic rings. The SMILES string of the molecule is COc1ccc(CC(=O)NC2CCN(C(=O)N(C)C)CC2)cc1. The molecule has 126 valence electrons. The molecule has 2 rings (SSSR count). The van der Waals surface area contributed by atoms with Crippen LogP contribution >= 0.6 is 0 Å². The van der Waals surface area contributed by atoms with Crippen molar-refractivity contribution in [2.45, 2.75) is 25.3 Å². The summed E-state index contributed by atoms with van der Waals surface area (Å²) >= 11 is 0. The Bertz CT molecular complexity index is 535. The maximum Gasteiger partial charge on any atom is 0.319 e. The highest BCUT2D eigenvalue weighted by Gasteiger charge is 2.24. The van der Waals surface area contributed by atoms with E-state index in [4.69, 9.17) is 4.74 Å². The number of piperidine rings is 1. The van der Waals surface area contributed by atoms with Crippen molar-refractivity contribution in [3.63, 3.8) is 0 Å². The zero-order valence-electron chi connectivity index (χ0n) is 14.0. The summed E-state index contributed by atoms with van der Waals surface area (Å²) in [7, 11) is 5.13. The van der Waals surface area contributed by atoms with Crippen LogP contribution in [0.3, 0.4) is 0 Å². The summed E-state index contributed by atoms with van der Waals surface area (Å²) in [6, 6.07) is 7.69. The van der Waals surface area contributed by atoms with Crippen LogP contribution in [0, 0.1) is 0 Å². The molecule has 0 aliphatic carbocycles. The Morgan fingerprint density at radius 2 is 1.83 bits per heavy atom. The highest BCUT2D eigenvalue weighted by atomic mass is 16.5. The number of rotatable bonds is 4. The molecule has 1 aromatic carbocycles. The Morgan fingerprint density at radius 3 is 2.35 bits per heavy atom. The number of nitrogens with zero attached hydrogens (tertiary/aromatic N) is 2. The van der Waals surface area contributed by atoms with E-state index in [2.05, 4.69) is 5.32 Å². The van der Waals surface area contributed by atoms with Crippen molar-refractivity contribution in [2.75, 3.05) is 34.3 Å². The van der Waals surface area contributed by atoms with Crippen molar-refractivity contribution in [1.82, 2.24) is 15.1 Å². The van der Waals surface area contributed by atoms with E-state index < -0.39 is 0 Å². The van der Waals surface area contributed by atoms with Crippen LogP contribution in [0.15, 0.2) is 24.3 Å². The van der Waals surface area contributed by atoms with Gasteiger partial charge in [0.05, 0.1) is 13.5 Å². The zero-order valence-corrected chi connectivity index (χ0v) is 14.0. The third kappa shape index (κ3) is 4.87. The number of nitrogens with one attached hydrogen (secondary N) is 1. The van der Waals surface area contributed by atoms with Crippen molar-refractivity contribution in [3.05, 3.63) is 29.8 Å². The number of ether oxygens (including phenoxy) is 1. The van der Waals surface area contributed by atoms with Gasteiger partial charge in [0.15, 0.2) is 0 Å². The Hall–Kier alpha value is -2.24. The van der Waals surface area contributed by atoms with Gasteiger partial charge in [-0.05, 0) is 30.5 Å². The molecule has 0 bridgehead atoms. The van der Waals surface area contributed by atoms with Gasteiger partial charge < -0.3 is 19.9 Å². The summed E-state index contributed by atoms with van der Waals surface area (Å²) in [5, 5.41) is 3.06. The average molecular weight is 319 g/mol. The van der Waals surface area contributed by atoms with Gasteiger partial charge in [-0.1, -0.05) is 12.1 Å². The summed E-state index contributed by atoms with van der Waals surface area (Å²) < 4.78 is 5.11. The molecule has 1 aliphatic heterocycles. The smallest absolute Gasteiger partial charge is 0.319 e. The lowest BCUT2D eigenvalue weighted by atomic mass is 10.0. The largest absolute Gasteiger partial charge is 0.497 e. The maximum absolute atomic E-state index is 12.1. The second-order valence-electron chi connectivity index (χ2n) is 6.03. The fraction of sp³-hybridized carbons (Fsp3) is 0.529. The first-order valence-electron chi connectivity index (χ1n) is 7.88. The monoisotopic (exact) mass is 319 g/mol. The predicted octanol–water partition coefficient (Wildman–Crippen LogP) is 1.50. The van der Waals surface area contributed by atoms with Gasteiger partial charge in [0.2, 0.25) is 5.91 Å². The normalized spacial score (nSPS) is 15.2. The molecular weight excluding hydrogens is 294 g/mol. The molecule has 0 aromatic heterocycles. The van der Waals surface area contributed by atoms with Gasteiger partial charge >= 0.3 is 6.03 Å². The van der Waals surface area contributed by atoms with Crippen LogP contribution in [-0.2, 0) is 11.2 Å². The zero-order chi connectivity index (χ0) is 16.8. The number of carbonyl (C=O) groups excluding carboxylic acids is 2. The predicted molar refractivity (Wildman–Crippen MR) is 88.5 cm³/mol. The molecule has 1 aromatic rings. The number of hydrogen-bond donors (Lipinski definition) is 1. The van der Waals surface area contributed by atoms with E-state index in [0.29, 0.717) is 19.5 Å². The van der Waals surface area contributed by atoms with E-state index in [1.165, 1.54) is 0 Å². The molecule has 0 radical (unpaired) electrons. The second-order valence-corrected chi connectivity index (χ2v) is 6.03. The topological polar surface area (TPSA) is 61.9 Å². The van der Waals surface area contributed by atoms with E-state index >= 15 is 0 Å². The van der Waals surface area contributed by atoms with Gasteiger partial charge in [-0.2, -0.15) is 0 Å². The van der Waals surface area contributed by atoms with Crippen LogP contribution in [-0.4, -0.2) is 62.1 Å². The van der Waals surface area contributed by atoms with Crippen LogP contribution < -0.4 is 10.1 Å². The molecule has 6 heteroatoms. The molecule has 1 heterocycles. The van der Waals surface area contributed by atoms with E-state index in [1.807, 2.05) is 29.2 Å². The minimum absolute atomic E-state index is 0.0209. The van der Waals surface area contributed by atoms with Crippen molar-refractivity contribution >= 4 is 11.9 Å². The van der Waals surface area contributed by atoms with E-state index in [-0.39, 0.29) is 18.0 Å². The van der Waals surface area contributed by atoms with Gasteiger partial charge in [-0.3, -0.25) is 4.79 Å². The minimum Gasteiger partial charge on any atom is -0.497 e. The van der Waals surface area contributed by atoms with Crippen molar-refractivity contribution in [1.29, 1.82) is 0 Å². The fourth-order valence-electron chi connectivity index (χ4n) is 2.71. The summed E-state index contributed by atoms with van der Waals surface area (Å²) in [5.41, 5.74) is 0.962. The molecule has 1 saturated heterocycles. The van der Waals surface area contributed by atoms with Gasteiger partial charge in [0.25, 0.3) is 0 Å². The van der Waals surface area contributed by atoms with Gasteiger partial charge in [0.1, 0.15) is 5.75 Å². The molecule has 1 N–H and O–H groups in total. The summed E-state index contributed by atoms with van der Waals surface area (Å²) in [4.78, 5) is 27.4. The van der Waals surface area contributed by atoms with Gasteiger partial charge in [0, 0.05) is 33.2 Å². The lowest BCUT2D eigenvalue weighted by Crippen LogP contribution is -2.49. The standard InChI is InChI=1S/C17H25N3O3/c1-19(2)17(22)20-10-8-14(9-11-20)18-16(21)12-13-4-6-15(23-3)7-5-13/h4-7,14H,8-12H2,1-3H3,(H,18,21). The maximum atomic E-state index is 12.1. The quantitative estimate of drug-likeness (QED) is 0.915. The van der Waals surface area contributed by atoms with Crippen molar-refractivity contribution in [3.8, 4) is 5.75 Å². The fourth-order valence-corrected chi connectivity index (χ4v) is 2.71. The first-order chi connectivity index (χ1) is 11.0. The number of urea groups is 1. The van der Waals surface area contributed by atoms with Crippen LogP contribution in [0.4, 0.5) is 4.79 Å². The highest BCUT2D eigenvalue weighted by Crippen LogP contribution is 2.14. The molecule has 1 fully saturated rings. The molecule has 0 atom stereocenters. The molecular formula is C17H25N3O3. The Kier molecular flexibility index (Phi) is 5.84. The lowest BCUT2D eigenvalue weighted by Gasteiger charge is -2.33. The third-order valence-electron chi connectivity index (χ3n) is 4.04. The first-order valence-corrected chi connectivity index (χ1v) is 7.88. The van der Waals surface area contributed by atoms with Crippen LogP contribution in [0.25, 0.3) is 0 Å². The second kappa shape index (κ2) is 7.85. The molecule has 6 nitrogen and oxygen atoms in total. The Balaban J connectivity index is 1.77.